The van der Waals surface area contributed by atoms with Crippen molar-refractivity contribution in [1.82, 2.24) is 5.16 Å². The Bertz CT molecular complexity index is 787. The first-order valence-corrected chi connectivity index (χ1v) is 8.07. The van der Waals surface area contributed by atoms with E-state index in [0.29, 0.717) is 22.5 Å². The fraction of sp³-hybridized carbons (Fsp3) is 0.0625. The van der Waals surface area contributed by atoms with Gasteiger partial charge in [0.25, 0.3) is 0 Å². The molecule has 0 amide bonds. The van der Waals surface area contributed by atoms with E-state index in [2.05, 4.69) is 26.4 Å². The van der Waals surface area contributed by atoms with Gasteiger partial charge in [0.2, 0.25) is 5.88 Å². The molecule has 0 bridgehead atoms. The van der Waals surface area contributed by atoms with Gasteiger partial charge >= 0.3 is 0 Å². The zero-order chi connectivity index (χ0) is 15.5. The molecule has 2 aromatic carbocycles. The van der Waals surface area contributed by atoms with Crippen molar-refractivity contribution in [3.05, 3.63) is 68.6 Å². The summed E-state index contributed by atoms with van der Waals surface area (Å²) in [6.07, 6.45) is 0. The summed E-state index contributed by atoms with van der Waals surface area (Å²) in [6.45, 7) is 0.533. The third-order valence-electron chi connectivity index (χ3n) is 3.12. The monoisotopic (exact) mass is 396 g/mol. The Morgan fingerprint density at radius 2 is 1.82 bits per heavy atom. The number of hydrogen-bond acceptors (Lipinski definition) is 3. The van der Waals surface area contributed by atoms with Gasteiger partial charge in [0.05, 0.1) is 0 Å². The Kier molecular flexibility index (Phi) is 4.71. The van der Waals surface area contributed by atoms with E-state index >= 15 is 0 Å². The Hall–Kier alpha value is -1.49. The Morgan fingerprint density at radius 3 is 2.55 bits per heavy atom. The predicted octanol–water partition coefficient (Wildman–Crippen LogP) is 6.02. The minimum absolute atomic E-state index is 0.533. The van der Waals surface area contributed by atoms with Gasteiger partial charge in [-0.1, -0.05) is 62.5 Å². The maximum Gasteiger partial charge on any atom is 0.225 e. The second-order valence-electron chi connectivity index (χ2n) is 4.67. The van der Waals surface area contributed by atoms with Gasteiger partial charge in [-0.05, 0) is 29.8 Å². The molecule has 1 heterocycles. The lowest BCUT2D eigenvalue weighted by molar-refractivity contribution is 0.434. The molecule has 0 spiro atoms. The van der Waals surface area contributed by atoms with E-state index in [0.717, 1.165) is 21.3 Å². The topological polar surface area (TPSA) is 38.1 Å². The van der Waals surface area contributed by atoms with E-state index in [1.165, 1.54) is 0 Å². The van der Waals surface area contributed by atoms with Crippen LogP contribution in [0.25, 0.3) is 11.3 Å². The molecule has 3 nitrogen and oxygen atoms in total. The standard InChI is InChI=1S/C16H11BrCl2N2O/c17-12-4-1-10(2-5-12)15-8-16(22-21-15)20-9-11-3-6-13(18)7-14(11)19/h1-8,20H,9H2. The van der Waals surface area contributed by atoms with Crippen molar-refractivity contribution in [2.24, 2.45) is 0 Å². The summed E-state index contributed by atoms with van der Waals surface area (Å²) in [6, 6.07) is 15.1. The maximum absolute atomic E-state index is 6.14. The molecular formula is C16H11BrCl2N2O. The molecule has 0 saturated heterocycles. The second-order valence-corrected chi connectivity index (χ2v) is 6.43. The number of hydrogen-bond donors (Lipinski definition) is 1. The van der Waals surface area contributed by atoms with Gasteiger partial charge in [-0.15, -0.1) is 0 Å². The average molecular weight is 398 g/mol. The summed E-state index contributed by atoms with van der Waals surface area (Å²) in [5.41, 5.74) is 2.70. The molecule has 0 unspecified atom stereocenters. The third kappa shape index (κ3) is 3.64. The molecule has 0 saturated carbocycles. The zero-order valence-electron chi connectivity index (χ0n) is 11.3. The van der Waals surface area contributed by atoms with Gasteiger partial charge in [0.15, 0.2) is 0 Å². The Morgan fingerprint density at radius 1 is 1.05 bits per heavy atom. The first-order valence-electron chi connectivity index (χ1n) is 6.52. The highest BCUT2D eigenvalue weighted by Crippen LogP contribution is 2.25. The van der Waals surface area contributed by atoms with Crippen LogP contribution in [-0.4, -0.2) is 5.16 Å². The highest BCUT2D eigenvalue weighted by molar-refractivity contribution is 9.10. The molecule has 6 heteroatoms. The van der Waals surface area contributed by atoms with Crippen LogP contribution in [0.15, 0.2) is 57.5 Å². The van der Waals surface area contributed by atoms with Crippen molar-refractivity contribution in [3.8, 4) is 11.3 Å². The summed E-state index contributed by atoms with van der Waals surface area (Å²) in [4.78, 5) is 0. The quantitative estimate of drug-likeness (QED) is 0.584. The first kappa shape index (κ1) is 15.4. The first-order chi connectivity index (χ1) is 10.6. The lowest BCUT2D eigenvalue weighted by Gasteiger charge is -2.05. The number of rotatable bonds is 4. The minimum atomic E-state index is 0.533. The molecule has 0 aliphatic heterocycles. The minimum Gasteiger partial charge on any atom is -0.350 e. The molecule has 0 fully saturated rings. The van der Waals surface area contributed by atoms with E-state index in [9.17, 15) is 0 Å². The second kappa shape index (κ2) is 6.73. The van der Waals surface area contributed by atoms with E-state index < -0.39 is 0 Å². The van der Waals surface area contributed by atoms with E-state index in [4.69, 9.17) is 27.7 Å². The van der Waals surface area contributed by atoms with Crippen molar-refractivity contribution < 1.29 is 4.52 Å². The zero-order valence-corrected chi connectivity index (χ0v) is 14.4. The van der Waals surface area contributed by atoms with Gasteiger partial charge in [0, 0.05) is 32.7 Å². The van der Waals surface area contributed by atoms with Gasteiger partial charge < -0.3 is 9.84 Å². The van der Waals surface area contributed by atoms with Gasteiger partial charge in [-0.2, -0.15) is 0 Å². The number of halogens is 3. The third-order valence-corrected chi connectivity index (χ3v) is 4.23. The van der Waals surface area contributed by atoms with Crippen LogP contribution in [0.3, 0.4) is 0 Å². The predicted molar refractivity (Wildman–Crippen MR) is 93.4 cm³/mol. The molecular weight excluding hydrogens is 387 g/mol. The van der Waals surface area contributed by atoms with Crippen LogP contribution in [0, 0.1) is 0 Å². The summed E-state index contributed by atoms with van der Waals surface area (Å²) >= 11 is 15.4. The molecule has 22 heavy (non-hydrogen) atoms. The van der Waals surface area contributed by atoms with Crippen LogP contribution in [0.1, 0.15) is 5.56 Å². The normalized spacial score (nSPS) is 10.7. The Balaban J connectivity index is 1.70. The molecule has 0 atom stereocenters. The molecule has 3 rings (SSSR count). The molecule has 1 N–H and O–H groups in total. The Labute approximate surface area is 146 Å². The number of anilines is 1. The lowest BCUT2D eigenvalue weighted by atomic mass is 10.1. The van der Waals surface area contributed by atoms with Gasteiger partial charge in [0.1, 0.15) is 5.69 Å². The fourth-order valence-corrected chi connectivity index (χ4v) is 2.70. The number of benzene rings is 2. The molecule has 112 valence electrons. The summed E-state index contributed by atoms with van der Waals surface area (Å²) in [5.74, 6) is 0.587. The number of nitrogens with one attached hydrogen (secondary N) is 1. The number of aromatic nitrogens is 1. The highest BCUT2D eigenvalue weighted by atomic mass is 79.9. The fourth-order valence-electron chi connectivity index (χ4n) is 1.96. The van der Waals surface area contributed by atoms with Crippen molar-refractivity contribution in [1.29, 1.82) is 0 Å². The van der Waals surface area contributed by atoms with Crippen molar-refractivity contribution in [3.63, 3.8) is 0 Å². The molecule has 3 aromatic rings. The smallest absolute Gasteiger partial charge is 0.225 e. The van der Waals surface area contributed by atoms with E-state index in [1.807, 2.05) is 36.4 Å². The molecule has 0 aliphatic carbocycles. The SMILES string of the molecule is Clc1ccc(CNc2cc(-c3ccc(Br)cc3)no2)c(Cl)c1. The molecule has 1 aromatic heterocycles. The lowest BCUT2D eigenvalue weighted by Crippen LogP contribution is -1.98. The van der Waals surface area contributed by atoms with E-state index in [-0.39, 0.29) is 0 Å². The van der Waals surface area contributed by atoms with Crippen molar-refractivity contribution in [2.75, 3.05) is 5.32 Å². The van der Waals surface area contributed by atoms with E-state index in [1.54, 1.807) is 12.1 Å². The van der Waals surface area contributed by atoms with Crippen LogP contribution in [0.2, 0.25) is 10.0 Å². The van der Waals surface area contributed by atoms with Gasteiger partial charge in [-0.3, -0.25) is 0 Å². The average Bonchev–Trinajstić information content (AvgIpc) is 2.96. The highest BCUT2D eigenvalue weighted by Gasteiger charge is 2.07. The van der Waals surface area contributed by atoms with Crippen LogP contribution in [0.5, 0.6) is 0 Å². The molecule has 0 aliphatic rings. The van der Waals surface area contributed by atoms with Crippen LogP contribution in [0.4, 0.5) is 5.88 Å². The summed E-state index contributed by atoms with van der Waals surface area (Å²) < 4.78 is 6.32. The van der Waals surface area contributed by atoms with Crippen LogP contribution in [-0.2, 0) is 6.54 Å². The molecule has 0 radical (unpaired) electrons. The maximum atomic E-state index is 6.14. The van der Waals surface area contributed by atoms with Gasteiger partial charge in [-0.25, -0.2) is 0 Å². The van der Waals surface area contributed by atoms with Crippen molar-refractivity contribution in [2.45, 2.75) is 6.54 Å². The largest absolute Gasteiger partial charge is 0.350 e. The van der Waals surface area contributed by atoms with Crippen molar-refractivity contribution >= 4 is 45.0 Å². The summed E-state index contributed by atoms with van der Waals surface area (Å²) in [5, 5.41) is 8.45. The number of nitrogens with zero attached hydrogens (tertiary/aromatic N) is 1. The van der Waals surface area contributed by atoms with Crippen LogP contribution >= 0.6 is 39.1 Å². The summed E-state index contributed by atoms with van der Waals surface area (Å²) in [7, 11) is 0. The van der Waals surface area contributed by atoms with Crippen LogP contribution < -0.4 is 5.32 Å².